The average Bonchev–Trinajstić information content (AvgIpc) is 3.73. The number of aryl methyl sites for hydroxylation is 2. The van der Waals surface area contributed by atoms with Crippen molar-refractivity contribution < 1.29 is 77.9 Å². The Morgan fingerprint density at radius 3 is 1.15 bits per heavy atom. The maximum Gasteiger partial charge on any atom is 3.00 e. The van der Waals surface area contributed by atoms with Crippen molar-refractivity contribution >= 4 is 75.9 Å². The van der Waals surface area contributed by atoms with Crippen LogP contribution in [0.2, 0.25) is 0 Å². The summed E-state index contributed by atoms with van der Waals surface area (Å²) < 4.78 is 72.0. The molecule has 0 N–H and O–H groups in total. The van der Waals surface area contributed by atoms with Gasteiger partial charge in [-0.05, 0) is 62.4 Å². The first-order valence-electron chi connectivity index (χ1n) is 18.4. The van der Waals surface area contributed by atoms with Crippen LogP contribution in [0.3, 0.4) is 0 Å². The molecule has 0 saturated carbocycles. The van der Waals surface area contributed by atoms with E-state index in [-0.39, 0.29) is 65.9 Å². The number of aromatic nitrogens is 4. The van der Waals surface area contributed by atoms with Crippen LogP contribution in [0.5, 0.6) is 23.3 Å². The number of hydrogen-bond donors (Lipinski definition) is 0. The van der Waals surface area contributed by atoms with Gasteiger partial charge in [0.05, 0.1) is 53.8 Å². The van der Waals surface area contributed by atoms with E-state index in [2.05, 4.69) is 30.7 Å². The first-order chi connectivity index (χ1) is 31.1. The Kier molecular flexibility index (Phi) is 13.5. The molecule has 27 heteroatoms. The van der Waals surface area contributed by atoms with Crippen molar-refractivity contribution in [2.45, 2.75) is 23.6 Å². The summed E-state index contributed by atoms with van der Waals surface area (Å²) in [7, 11) is -10.3. The van der Waals surface area contributed by atoms with Crippen molar-refractivity contribution in [1.29, 1.82) is 0 Å². The molecular formula is C40H27CrN10O14S2. The van der Waals surface area contributed by atoms with Crippen LogP contribution in [0.1, 0.15) is 15.7 Å². The topological polar surface area (TPSA) is 378 Å². The molecule has 0 bridgehead atoms. The van der Waals surface area contributed by atoms with E-state index in [1.54, 1.807) is 60.7 Å². The maximum atomic E-state index is 12.7. The van der Waals surface area contributed by atoms with Crippen molar-refractivity contribution in [2.24, 2.45) is 20.5 Å². The molecule has 8 aromatic rings. The number of nitrogens with zero attached hydrogens (tertiary/aromatic N) is 10. The van der Waals surface area contributed by atoms with E-state index >= 15 is 0 Å². The molecule has 0 unspecified atom stereocenters. The number of para-hydroxylation sites is 2. The van der Waals surface area contributed by atoms with Crippen molar-refractivity contribution in [1.82, 2.24) is 19.6 Å². The van der Waals surface area contributed by atoms with E-state index in [1.165, 1.54) is 13.8 Å². The van der Waals surface area contributed by atoms with Gasteiger partial charge in [-0.3, -0.25) is 20.2 Å². The number of non-ortho nitro benzene ring substituents is 2. The summed E-state index contributed by atoms with van der Waals surface area (Å²) in [5.74, 6) is -3.13. The fourth-order valence-electron chi connectivity index (χ4n) is 6.44. The number of benzene rings is 6. The van der Waals surface area contributed by atoms with Gasteiger partial charge >= 0.3 is 21.6 Å². The van der Waals surface area contributed by atoms with Crippen LogP contribution < -0.4 is 20.4 Å². The number of hydrogen-bond acceptors (Lipinski definition) is 20. The van der Waals surface area contributed by atoms with Crippen LogP contribution in [-0.4, -0.2) is 55.3 Å². The Morgan fingerprint density at radius 2 is 0.836 bits per heavy atom. The summed E-state index contributed by atoms with van der Waals surface area (Å²) in [5, 5.41) is 95.4. The van der Waals surface area contributed by atoms with Crippen LogP contribution >= 0.6 is 0 Å². The van der Waals surface area contributed by atoms with Crippen molar-refractivity contribution in [3.63, 3.8) is 0 Å². The molecule has 0 aliphatic rings. The molecule has 67 heavy (non-hydrogen) atoms. The van der Waals surface area contributed by atoms with Gasteiger partial charge in [-0.15, -0.1) is 10.2 Å². The summed E-state index contributed by atoms with van der Waals surface area (Å²) in [6, 6.07) is 24.0. The Labute approximate surface area is 391 Å². The minimum absolute atomic E-state index is 0. The van der Waals surface area contributed by atoms with Crippen molar-refractivity contribution in [3.8, 4) is 34.6 Å². The molecule has 339 valence electrons. The summed E-state index contributed by atoms with van der Waals surface area (Å²) in [4.78, 5) is 18.8. The van der Waals surface area contributed by atoms with Crippen LogP contribution in [0.4, 0.5) is 34.1 Å². The largest absolute Gasteiger partial charge is 3.00 e. The van der Waals surface area contributed by atoms with Crippen molar-refractivity contribution in [2.75, 3.05) is 0 Å². The standard InChI is InChI=1S/2C20H15N5O7S.Cr/c2*1-11-18(20(27)24(23-11)12-5-3-2-4-6-12)21-22-19-14-8-7-13(25(28)29)9-15(14)17(10-16(19)26)33(30,31)32;/h2*2-10,26-27H,1H3,(H,30,31,32);/q;;+3/p-3. The van der Waals surface area contributed by atoms with E-state index in [1.807, 2.05) is 0 Å². The number of nitro groups is 2. The molecule has 0 aliphatic carbocycles. The fraction of sp³-hybridized carbons (Fsp3) is 0.0500. The van der Waals surface area contributed by atoms with E-state index in [0.717, 1.165) is 45.8 Å². The molecule has 0 aliphatic heterocycles. The van der Waals surface area contributed by atoms with Crippen LogP contribution in [0.25, 0.3) is 32.9 Å². The minimum Gasteiger partial charge on any atom is -0.871 e. The smallest absolute Gasteiger partial charge is 0.871 e. The zero-order valence-electron chi connectivity index (χ0n) is 36.8. The number of nitro benzene ring substituents is 2. The van der Waals surface area contributed by atoms with Gasteiger partial charge in [0.25, 0.3) is 11.4 Å². The second-order valence-corrected chi connectivity index (χ2v) is 16.4. The predicted octanol–water partition coefficient (Wildman–Crippen LogP) is 5.75. The molecule has 2 aromatic heterocycles. The normalized spacial score (nSPS) is 11.8. The van der Waals surface area contributed by atoms with E-state index in [4.69, 9.17) is 0 Å². The van der Waals surface area contributed by atoms with Gasteiger partial charge in [-0.2, -0.15) is 20.4 Å². The van der Waals surface area contributed by atoms with Gasteiger partial charge in [0.2, 0.25) is 0 Å². The number of rotatable bonds is 10. The van der Waals surface area contributed by atoms with Crippen LogP contribution in [0.15, 0.2) is 139 Å². The third-order valence-corrected chi connectivity index (χ3v) is 11.2. The molecule has 1 radical (unpaired) electrons. The molecular weight excluding hydrogens is 961 g/mol. The number of fused-ring (bicyclic) bond motifs is 2. The molecule has 0 fully saturated rings. The van der Waals surface area contributed by atoms with Gasteiger partial charge in [-0.1, -0.05) is 47.9 Å². The quantitative estimate of drug-likeness (QED) is 0.0681. The number of azo groups is 2. The summed E-state index contributed by atoms with van der Waals surface area (Å²) >= 11 is 0. The monoisotopic (exact) mass is 987 g/mol. The first-order valence-corrected chi connectivity index (χ1v) is 21.2. The Balaban J connectivity index is 0.000000350. The van der Waals surface area contributed by atoms with Crippen LogP contribution in [0, 0.1) is 34.1 Å². The van der Waals surface area contributed by atoms with E-state index < -0.39 is 85.9 Å². The zero-order valence-corrected chi connectivity index (χ0v) is 36.7. The third kappa shape index (κ3) is 9.76. The maximum absolute atomic E-state index is 12.7. The van der Waals surface area contributed by atoms with E-state index in [9.17, 15) is 66.6 Å². The first kappa shape index (κ1) is 48.3. The van der Waals surface area contributed by atoms with Gasteiger partial charge < -0.3 is 29.5 Å². The molecule has 2 heterocycles. The van der Waals surface area contributed by atoms with Gasteiger partial charge in [0.1, 0.15) is 31.6 Å². The van der Waals surface area contributed by atoms with Gasteiger partial charge in [0.15, 0.2) is 0 Å². The molecule has 0 amide bonds. The molecule has 8 rings (SSSR count). The Bertz CT molecular complexity index is 3350. The molecule has 0 saturated heterocycles. The SMILES string of the molecule is Cc1nn(-c2ccccc2)c([O-])c1N=Nc1c([O-])cc(S(=O)(=O)[O-])c2cc([N+](=O)[O-])ccc12.Cc1nn(-c2ccccc2)c([O-])c1N=Nc1c([O-])cc(S(=O)(=O)[O-])c2cc([N+](=O)[O-])ccc12.[Cr+3].[H+].[H+].[H+]. The predicted molar refractivity (Wildman–Crippen MR) is 223 cm³/mol. The summed E-state index contributed by atoms with van der Waals surface area (Å²) in [6.45, 7) is 3.03. The zero-order chi connectivity index (χ0) is 47.8. The second kappa shape index (κ2) is 18.7. The second-order valence-electron chi connectivity index (χ2n) is 13.7. The average molecular weight is 988 g/mol. The molecule has 0 atom stereocenters. The van der Waals surface area contributed by atoms with Gasteiger partial charge in [0, 0.05) is 57.6 Å². The van der Waals surface area contributed by atoms with Crippen molar-refractivity contribution in [3.05, 3.63) is 141 Å². The molecule has 24 nitrogen and oxygen atoms in total. The molecule has 6 aromatic carbocycles. The van der Waals surface area contributed by atoms with E-state index in [0.29, 0.717) is 23.5 Å². The van der Waals surface area contributed by atoms with Gasteiger partial charge in [-0.25, -0.2) is 26.2 Å². The van der Waals surface area contributed by atoms with Crippen LogP contribution in [-0.2, 0) is 37.6 Å². The Hall–Kier alpha value is -8.19. The third-order valence-electron chi connectivity index (χ3n) is 9.48. The Morgan fingerprint density at radius 1 is 0.507 bits per heavy atom. The summed E-state index contributed by atoms with van der Waals surface area (Å²) in [6.07, 6.45) is 0. The molecule has 0 spiro atoms. The minimum atomic E-state index is -5.13. The summed E-state index contributed by atoms with van der Waals surface area (Å²) in [5.41, 5.74) is -0.664. The fourth-order valence-corrected chi connectivity index (χ4v) is 7.82.